The molecule has 0 aliphatic heterocycles. The summed E-state index contributed by atoms with van der Waals surface area (Å²) >= 11 is 0. The van der Waals surface area contributed by atoms with Gasteiger partial charge in [0.25, 0.3) is 0 Å². The van der Waals surface area contributed by atoms with E-state index in [1.165, 1.54) is 38.5 Å². The molecule has 4 aliphatic carbocycles. The molecule has 4 fully saturated rings. The number of rotatable bonds is 8. The molecule has 0 aromatic rings. The summed E-state index contributed by atoms with van der Waals surface area (Å²) in [5.41, 5.74) is 4.19. The van der Waals surface area contributed by atoms with Gasteiger partial charge in [0.05, 0.1) is 17.8 Å². The highest BCUT2D eigenvalue weighted by Gasteiger charge is 2.67. The van der Waals surface area contributed by atoms with Crippen molar-refractivity contribution >= 4 is 5.91 Å². The second kappa shape index (κ2) is 9.67. The Morgan fingerprint density at radius 3 is 2.47 bits per heavy atom. The molecule has 4 rings (SSSR count). The number of hydrogen-bond acceptors (Lipinski definition) is 4. The second-order valence-corrected chi connectivity index (χ2v) is 13.6. The summed E-state index contributed by atoms with van der Waals surface area (Å²) in [7, 11) is 0. The van der Waals surface area contributed by atoms with Crippen molar-refractivity contribution in [3.8, 4) is 0 Å². The highest BCUT2D eigenvalue weighted by molar-refractivity contribution is 5.75. The third-order valence-electron chi connectivity index (χ3n) is 11.5. The number of aliphatic hydroxyl groups is 2. The molecule has 0 unspecified atom stereocenters. The van der Waals surface area contributed by atoms with Crippen molar-refractivity contribution in [3.05, 3.63) is 0 Å². The lowest BCUT2D eigenvalue weighted by Crippen LogP contribution is -2.68. The normalized spacial score (nSPS) is 47.1. The molecule has 5 nitrogen and oxygen atoms in total. The van der Waals surface area contributed by atoms with E-state index in [4.69, 9.17) is 10.5 Å². The van der Waals surface area contributed by atoms with E-state index in [0.29, 0.717) is 36.0 Å². The van der Waals surface area contributed by atoms with Gasteiger partial charge in [-0.2, -0.15) is 0 Å². The van der Waals surface area contributed by atoms with Gasteiger partial charge in [0.2, 0.25) is 5.91 Å². The summed E-state index contributed by atoms with van der Waals surface area (Å²) in [6.07, 6.45) is 10.8. The van der Waals surface area contributed by atoms with Crippen molar-refractivity contribution in [2.75, 3.05) is 6.61 Å². The Hall–Kier alpha value is -0.650. The van der Waals surface area contributed by atoms with Crippen LogP contribution in [0.4, 0.5) is 0 Å². The average molecular weight is 478 g/mol. The van der Waals surface area contributed by atoms with Gasteiger partial charge in [-0.25, -0.2) is 0 Å². The molecule has 0 heterocycles. The minimum Gasteiger partial charge on any atom is -0.390 e. The lowest BCUT2D eigenvalue weighted by Gasteiger charge is -2.65. The maximum Gasteiger partial charge on any atom is 0.243 e. The smallest absolute Gasteiger partial charge is 0.243 e. The number of aliphatic hydroxyl groups excluding tert-OH is 1. The molecule has 5 heteroatoms. The molecule has 4 N–H and O–H groups in total. The van der Waals surface area contributed by atoms with Gasteiger partial charge in [-0.3, -0.25) is 4.79 Å². The van der Waals surface area contributed by atoms with Gasteiger partial charge in [0, 0.05) is 11.8 Å². The zero-order valence-corrected chi connectivity index (χ0v) is 22.4. The minimum atomic E-state index is -1.15. The van der Waals surface area contributed by atoms with Crippen LogP contribution in [0.3, 0.4) is 0 Å². The molecule has 0 aromatic heterocycles. The molecule has 34 heavy (non-hydrogen) atoms. The first-order valence-corrected chi connectivity index (χ1v) is 14.2. The predicted molar refractivity (Wildman–Crippen MR) is 135 cm³/mol. The number of amides is 1. The van der Waals surface area contributed by atoms with Crippen molar-refractivity contribution in [3.63, 3.8) is 0 Å². The molecule has 196 valence electrons. The number of ether oxygens (including phenoxy) is 1. The van der Waals surface area contributed by atoms with E-state index >= 15 is 0 Å². The number of fused-ring (bicyclic) bond motifs is 5. The molecule has 0 spiro atoms. The molecular weight excluding hydrogens is 426 g/mol. The lowest BCUT2D eigenvalue weighted by atomic mass is 9.42. The van der Waals surface area contributed by atoms with Gasteiger partial charge < -0.3 is 20.7 Å². The summed E-state index contributed by atoms with van der Waals surface area (Å²) in [4.78, 5) is 11.2. The number of carbonyl (C=O) groups excluding carboxylic acids is 1. The van der Waals surface area contributed by atoms with Crippen molar-refractivity contribution in [2.24, 2.45) is 52.1 Å². The van der Waals surface area contributed by atoms with Gasteiger partial charge in [-0.1, -0.05) is 53.9 Å². The first-order chi connectivity index (χ1) is 15.9. The summed E-state index contributed by atoms with van der Waals surface area (Å²) in [5, 5.41) is 23.3. The van der Waals surface area contributed by atoms with Crippen molar-refractivity contribution in [1.82, 2.24) is 0 Å². The van der Waals surface area contributed by atoms with Crippen LogP contribution in [-0.4, -0.2) is 40.5 Å². The minimum absolute atomic E-state index is 0.114. The largest absolute Gasteiger partial charge is 0.390 e. The first-order valence-electron chi connectivity index (χ1n) is 14.2. The Morgan fingerprint density at radius 2 is 1.79 bits per heavy atom. The van der Waals surface area contributed by atoms with E-state index in [2.05, 4.69) is 34.6 Å². The van der Waals surface area contributed by atoms with Crippen molar-refractivity contribution in [1.29, 1.82) is 0 Å². The van der Waals surface area contributed by atoms with E-state index in [0.717, 1.165) is 37.0 Å². The third-order valence-corrected chi connectivity index (χ3v) is 11.5. The summed E-state index contributed by atoms with van der Waals surface area (Å²) in [6.45, 7) is 11.8. The topological polar surface area (TPSA) is 92.8 Å². The molecule has 0 bridgehead atoms. The fourth-order valence-corrected chi connectivity index (χ4v) is 9.61. The van der Waals surface area contributed by atoms with Crippen molar-refractivity contribution in [2.45, 2.75) is 123 Å². The van der Waals surface area contributed by atoms with Crippen LogP contribution < -0.4 is 5.73 Å². The van der Waals surface area contributed by atoms with Gasteiger partial charge >= 0.3 is 0 Å². The Labute approximate surface area is 207 Å². The molecule has 0 radical (unpaired) electrons. The zero-order chi connectivity index (χ0) is 24.9. The molecule has 10 atom stereocenters. The molecule has 4 aliphatic rings. The van der Waals surface area contributed by atoms with E-state index in [1.807, 2.05) is 0 Å². The number of primary amides is 1. The summed E-state index contributed by atoms with van der Waals surface area (Å²) < 4.78 is 5.71. The van der Waals surface area contributed by atoms with Gasteiger partial charge in [0.1, 0.15) is 6.61 Å². The van der Waals surface area contributed by atoms with Crippen LogP contribution in [0, 0.1) is 46.3 Å². The van der Waals surface area contributed by atoms with Gasteiger partial charge in [-0.15, -0.1) is 0 Å². The summed E-state index contributed by atoms with van der Waals surface area (Å²) in [5.74, 6) is 3.46. The number of nitrogens with two attached hydrogens (primary N) is 1. The molecule has 1 amide bonds. The van der Waals surface area contributed by atoms with E-state index in [-0.39, 0.29) is 18.1 Å². The fourth-order valence-electron chi connectivity index (χ4n) is 9.61. The first kappa shape index (κ1) is 26.4. The van der Waals surface area contributed by atoms with E-state index < -0.39 is 17.6 Å². The molecule has 4 saturated carbocycles. The van der Waals surface area contributed by atoms with E-state index in [1.54, 1.807) is 0 Å². The second-order valence-electron chi connectivity index (χ2n) is 13.6. The average Bonchev–Trinajstić information content (AvgIpc) is 3.11. The number of hydrogen-bond donors (Lipinski definition) is 3. The van der Waals surface area contributed by atoms with Crippen LogP contribution >= 0.6 is 0 Å². The standard InChI is InChI=1S/C29H51NO4/c1-18(2)7-6-8-19(3)22-9-10-23-21-15-25(31)29(33)16-20(34-17-26(30)32)11-14-28(29,5)24(21)12-13-27(22,23)4/h18-25,31,33H,6-17H2,1-5H3,(H2,30,32)/t19-,20+,21+,22-,23+,24+,25-,27-,28-,29+/m1/s1. The van der Waals surface area contributed by atoms with Crippen LogP contribution in [-0.2, 0) is 9.53 Å². The van der Waals surface area contributed by atoms with Crippen LogP contribution in [0.25, 0.3) is 0 Å². The van der Waals surface area contributed by atoms with Gasteiger partial charge in [0.15, 0.2) is 0 Å². The Balaban J connectivity index is 1.49. The van der Waals surface area contributed by atoms with Crippen molar-refractivity contribution < 1.29 is 19.7 Å². The van der Waals surface area contributed by atoms with Crippen LogP contribution in [0.5, 0.6) is 0 Å². The highest BCUT2D eigenvalue weighted by atomic mass is 16.5. The maximum atomic E-state index is 11.9. The molecular formula is C29H51NO4. The SMILES string of the molecule is CC(C)CCC[C@@H](C)[C@H]1CC[C@H]2[C@@H]3C[C@@H](O)[C@@]4(O)C[C@@H](OCC(N)=O)CC[C@]4(C)[C@H]3CC[C@]12C. The quantitative estimate of drug-likeness (QED) is 0.455. The Morgan fingerprint density at radius 1 is 1.06 bits per heavy atom. The molecule has 0 saturated heterocycles. The van der Waals surface area contributed by atoms with Crippen LogP contribution in [0.2, 0.25) is 0 Å². The van der Waals surface area contributed by atoms with E-state index in [9.17, 15) is 15.0 Å². The molecule has 0 aromatic carbocycles. The highest BCUT2D eigenvalue weighted by Crippen LogP contribution is 2.69. The third kappa shape index (κ3) is 4.36. The lowest BCUT2D eigenvalue weighted by molar-refractivity contribution is -0.267. The zero-order valence-electron chi connectivity index (χ0n) is 22.4. The maximum absolute atomic E-state index is 11.9. The van der Waals surface area contributed by atoms with Gasteiger partial charge in [-0.05, 0) is 85.9 Å². The number of carbonyl (C=O) groups is 1. The summed E-state index contributed by atoms with van der Waals surface area (Å²) in [6, 6.07) is 0. The Bertz CT molecular complexity index is 742. The van der Waals surface area contributed by atoms with Crippen LogP contribution in [0.15, 0.2) is 0 Å². The monoisotopic (exact) mass is 477 g/mol. The Kier molecular flexibility index (Phi) is 7.51. The predicted octanol–water partition coefficient (Wildman–Crippen LogP) is 5.06. The van der Waals surface area contributed by atoms with Crippen LogP contribution in [0.1, 0.15) is 105 Å². The fraction of sp³-hybridized carbons (Fsp3) is 0.966.